The van der Waals surface area contributed by atoms with E-state index in [0.29, 0.717) is 42.9 Å². The van der Waals surface area contributed by atoms with Crippen molar-refractivity contribution in [2.75, 3.05) is 39.1 Å². The molecule has 7 nitrogen and oxygen atoms in total. The number of rotatable bonds is 9. The van der Waals surface area contributed by atoms with Crippen LogP contribution in [0.25, 0.3) is 0 Å². The maximum atomic E-state index is 12.1. The van der Waals surface area contributed by atoms with Crippen LogP contribution >= 0.6 is 0 Å². The molecule has 0 aliphatic carbocycles. The van der Waals surface area contributed by atoms with Crippen LogP contribution in [0.15, 0.2) is 11.6 Å². The summed E-state index contributed by atoms with van der Waals surface area (Å²) in [5.41, 5.74) is 10.7. The van der Waals surface area contributed by atoms with Crippen molar-refractivity contribution in [3.63, 3.8) is 0 Å². The summed E-state index contributed by atoms with van der Waals surface area (Å²) in [5, 5.41) is 0. The molecular weight excluding hydrogens is 384 g/mol. The van der Waals surface area contributed by atoms with E-state index in [1.165, 1.54) is 12.8 Å². The van der Waals surface area contributed by atoms with Crippen LogP contribution in [0, 0.1) is 6.92 Å². The monoisotopic (exact) mass is 416 g/mol. The molecule has 2 aliphatic heterocycles. The van der Waals surface area contributed by atoms with Gasteiger partial charge in [-0.25, -0.2) is 4.79 Å². The molecule has 0 saturated carbocycles. The lowest BCUT2D eigenvalue weighted by Gasteiger charge is -2.16. The van der Waals surface area contributed by atoms with E-state index in [2.05, 4.69) is 4.90 Å². The zero-order chi connectivity index (χ0) is 21.7. The molecule has 1 saturated heterocycles. The van der Waals surface area contributed by atoms with Gasteiger partial charge in [0, 0.05) is 24.1 Å². The molecule has 2 aliphatic rings. The topological polar surface area (TPSA) is 91.1 Å². The highest BCUT2D eigenvalue weighted by atomic mass is 16.5. The summed E-state index contributed by atoms with van der Waals surface area (Å²) in [6, 6.07) is 0. The first kappa shape index (κ1) is 22.2. The van der Waals surface area contributed by atoms with Crippen LogP contribution in [0.5, 0.6) is 5.75 Å². The summed E-state index contributed by atoms with van der Waals surface area (Å²) in [6.45, 7) is 7.61. The molecule has 7 heteroatoms. The average Bonchev–Trinajstić information content (AvgIpc) is 3.38. The van der Waals surface area contributed by atoms with Gasteiger partial charge in [-0.05, 0) is 58.2 Å². The number of allylic oxidation sites excluding steroid dienone is 2. The number of nitrogens with zero attached hydrogens (tertiary/aromatic N) is 1. The minimum absolute atomic E-state index is 0.171. The number of carbonyl (C=O) groups is 2. The van der Waals surface area contributed by atoms with Crippen LogP contribution in [0.1, 0.15) is 59.7 Å². The van der Waals surface area contributed by atoms with Gasteiger partial charge in [0.2, 0.25) is 0 Å². The Morgan fingerprint density at radius 1 is 1.27 bits per heavy atom. The number of methoxy groups -OCH3 is 1. The SMILES string of the molecule is COc1c(C)c2c(c(N)c1CC=C(C)CCC(=O)OCCN1CCCC1)C(=O)OC2. The molecule has 0 radical (unpaired) electrons. The van der Waals surface area contributed by atoms with E-state index in [9.17, 15) is 9.59 Å². The Morgan fingerprint density at radius 3 is 2.70 bits per heavy atom. The lowest BCUT2D eigenvalue weighted by atomic mass is 9.94. The number of fused-ring (bicyclic) bond motifs is 1. The molecule has 2 N–H and O–H groups in total. The van der Waals surface area contributed by atoms with Crippen molar-refractivity contribution in [2.45, 2.75) is 52.6 Å². The minimum Gasteiger partial charge on any atom is -0.496 e. The molecule has 0 aromatic heterocycles. The van der Waals surface area contributed by atoms with E-state index in [4.69, 9.17) is 19.9 Å². The maximum Gasteiger partial charge on any atom is 0.341 e. The highest BCUT2D eigenvalue weighted by Gasteiger charge is 2.30. The highest BCUT2D eigenvalue weighted by molar-refractivity contribution is 6.00. The summed E-state index contributed by atoms with van der Waals surface area (Å²) in [6.07, 6.45) is 5.99. The normalized spacial score (nSPS) is 16.5. The molecule has 1 aromatic rings. The van der Waals surface area contributed by atoms with Crippen LogP contribution in [0.3, 0.4) is 0 Å². The van der Waals surface area contributed by atoms with Crippen LogP contribution < -0.4 is 10.5 Å². The third-order valence-corrected chi connectivity index (χ3v) is 5.97. The molecule has 3 rings (SSSR count). The van der Waals surface area contributed by atoms with Crippen molar-refractivity contribution in [1.29, 1.82) is 0 Å². The van der Waals surface area contributed by atoms with Gasteiger partial charge in [-0.2, -0.15) is 0 Å². The second-order valence-corrected chi connectivity index (χ2v) is 8.00. The van der Waals surface area contributed by atoms with Crippen LogP contribution in [0.4, 0.5) is 5.69 Å². The zero-order valence-corrected chi connectivity index (χ0v) is 18.2. The molecule has 0 bridgehead atoms. The number of anilines is 1. The predicted molar refractivity (Wildman–Crippen MR) is 115 cm³/mol. The smallest absolute Gasteiger partial charge is 0.341 e. The number of hydrogen-bond donors (Lipinski definition) is 1. The number of likely N-dealkylation sites (tertiary alicyclic amines) is 1. The van der Waals surface area contributed by atoms with Crippen molar-refractivity contribution in [2.24, 2.45) is 0 Å². The van der Waals surface area contributed by atoms with Crippen molar-refractivity contribution in [3.8, 4) is 5.75 Å². The summed E-state index contributed by atoms with van der Waals surface area (Å²) >= 11 is 0. The van der Waals surface area contributed by atoms with Crippen LogP contribution in [-0.2, 0) is 27.3 Å². The number of cyclic esters (lactones) is 1. The highest BCUT2D eigenvalue weighted by Crippen LogP contribution is 2.39. The molecule has 0 atom stereocenters. The largest absolute Gasteiger partial charge is 0.496 e. The molecule has 1 fully saturated rings. The van der Waals surface area contributed by atoms with Gasteiger partial charge < -0.3 is 19.9 Å². The van der Waals surface area contributed by atoms with Crippen molar-refractivity contribution in [3.05, 3.63) is 33.9 Å². The van der Waals surface area contributed by atoms with Gasteiger partial charge in [0.25, 0.3) is 0 Å². The molecular formula is C23H32N2O5. The van der Waals surface area contributed by atoms with Crippen molar-refractivity contribution >= 4 is 17.6 Å². The van der Waals surface area contributed by atoms with Gasteiger partial charge >= 0.3 is 11.9 Å². The van der Waals surface area contributed by atoms with Gasteiger partial charge in [-0.3, -0.25) is 9.69 Å². The fourth-order valence-corrected chi connectivity index (χ4v) is 4.13. The van der Waals surface area contributed by atoms with E-state index >= 15 is 0 Å². The van der Waals surface area contributed by atoms with Gasteiger partial charge in [-0.1, -0.05) is 11.6 Å². The average molecular weight is 417 g/mol. The Bertz CT molecular complexity index is 841. The van der Waals surface area contributed by atoms with Crippen molar-refractivity contribution < 1.29 is 23.8 Å². The molecule has 1 aromatic carbocycles. The van der Waals surface area contributed by atoms with Gasteiger partial charge in [0.15, 0.2) is 0 Å². The molecule has 30 heavy (non-hydrogen) atoms. The van der Waals surface area contributed by atoms with Gasteiger partial charge in [-0.15, -0.1) is 0 Å². The van der Waals surface area contributed by atoms with Gasteiger partial charge in [0.1, 0.15) is 19.0 Å². The number of nitrogen functional groups attached to an aromatic ring is 1. The lowest BCUT2D eigenvalue weighted by molar-refractivity contribution is -0.143. The third kappa shape index (κ3) is 4.95. The van der Waals surface area contributed by atoms with E-state index < -0.39 is 0 Å². The number of ether oxygens (including phenoxy) is 3. The zero-order valence-electron chi connectivity index (χ0n) is 18.2. The molecule has 0 spiro atoms. The van der Waals surface area contributed by atoms with Crippen LogP contribution in [-0.4, -0.2) is 50.2 Å². The number of esters is 2. The maximum absolute atomic E-state index is 12.1. The fourth-order valence-electron chi connectivity index (χ4n) is 4.13. The van der Waals surface area contributed by atoms with E-state index in [1.807, 2.05) is 19.9 Å². The Hall–Kier alpha value is -2.54. The van der Waals surface area contributed by atoms with Crippen LogP contribution in [0.2, 0.25) is 0 Å². The second kappa shape index (κ2) is 9.98. The standard InChI is InChI=1S/C23H32N2O5/c1-15(7-9-19(26)29-13-12-25-10-4-5-11-25)6-8-17-21(24)20-18(14-30-23(20)27)16(2)22(17)28-3/h6H,4-5,7-14,24H2,1-3H3. The number of hydrogen-bond acceptors (Lipinski definition) is 7. The summed E-state index contributed by atoms with van der Waals surface area (Å²) in [4.78, 5) is 26.4. The summed E-state index contributed by atoms with van der Waals surface area (Å²) in [5.74, 6) is 0.136. The Kier molecular flexibility index (Phi) is 7.37. The predicted octanol–water partition coefficient (Wildman–Crippen LogP) is 3.16. The second-order valence-electron chi connectivity index (χ2n) is 8.00. The lowest BCUT2D eigenvalue weighted by Crippen LogP contribution is -2.25. The Labute approximate surface area is 178 Å². The van der Waals surface area contributed by atoms with Gasteiger partial charge in [0.05, 0.1) is 18.4 Å². The first-order valence-corrected chi connectivity index (χ1v) is 10.6. The van der Waals surface area contributed by atoms with E-state index in [-0.39, 0.29) is 18.5 Å². The first-order valence-electron chi connectivity index (χ1n) is 10.6. The Morgan fingerprint density at radius 2 is 2.00 bits per heavy atom. The number of carbonyl (C=O) groups excluding carboxylic acids is 2. The summed E-state index contributed by atoms with van der Waals surface area (Å²) < 4.78 is 16.1. The minimum atomic E-state index is -0.383. The number of benzene rings is 1. The van der Waals surface area contributed by atoms with E-state index in [0.717, 1.165) is 41.9 Å². The van der Waals surface area contributed by atoms with Crippen molar-refractivity contribution in [1.82, 2.24) is 4.90 Å². The Balaban J connectivity index is 1.56. The van der Waals surface area contributed by atoms with E-state index in [1.54, 1.807) is 7.11 Å². The molecule has 2 heterocycles. The summed E-state index contributed by atoms with van der Waals surface area (Å²) in [7, 11) is 1.60. The first-order chi connectivity index (χ1) is 14.4. The third-order valence-electron chi connectivity index (χ3n) is 5.97. The fraction of sp³-hybridized carbons (Fsp3) is 0.565. The number of nitrogens with two attached hydrogens (primary N) is 1. The molecule has 164 valence electrons. The quantitative estimate of drug-likeness (QED) is 0.376. The molecule has 0 amide bonds. The molecule has 0 unspecified atom stereocenters.